The van der Waals surface area contributed by atoms with Crippen molar-refractivity contribution in [3.05, 3.63) is 56.4 Å². The molecule has 2 rings (SSSR count). The molecule has 1 aromatic heterocycles. The first-order valence-corrected chi connectivity index (χ1v) is 6.63. The van der Waals surface area contributed by atoms with Crippen LogP contribution in [0, 0.1) is 0 Å². The van der Waals surface area contributed by atoms with Crippen molar-refractivity contribution < 1.29 is 9.53 Å². The number of ether oxygens (including phenoxy) is 1. The first-order chi connectivity index (χ1) is 9.52. The third kappa shape index (κ3) is 3.03. The Hall–Kier alpha value is -1.78. The zero-order valence-electron chi connectivity index (χ0n) is 10.6. The quantitative estimate of drug-likeness (QED) is 0.882. The van der Waals surface area contributed by atoms with Crippen LogP contribution < -0.4 is 5.56 Å². The summed E-state index contributed by atoms with van der Waals surface area (Å²) < 4.78 is 4.84. The topological polar surface area (TPSA) is 59.2 Å². The van der Waals surface area contributed by atoms with E-state index in [4.69, 9.17) is 27.9 Å². The number of hydrogen-bond donors (Lipinski definition) is 1. The van der Waals surface area contributed by atoms with Crippen molar-refractivity contribution in [2.45, 2.75) is 6.92 Å². The number of rotatable bonds is 3. The summed E-state index contributed by atoms with van der Waals surface area (Å²) in [7, 11) is 0. The monoisotopic (exact) mass is 311 g/mol. The van der Waals surface area contributed by atoms with Gasteiger partial charge in [0.2, 0.25) is 0 Å². The van der Waals surface area contributed by atoms with E-state index in [0.717, 1.165) is 0 Å². The lowest BCUT2D eigenvalue weighted by Crippen LogP contribution is -2.19. The van der Waals surface area contributed by atoms with Gasteiger partial charge in [-0.05, 0) is 31.2 Å². The molecule has 0 atom stereocenters. The highest BCUT2D eigenvalue weighted by Crippen LogP contribution is 2.30. The van der Waals surface area contributed by atoms with Gasteiger partial charge in [-0.3, -0.25) is 4.79 Å². The second-order valence-corrected chi connectivity index (χ2v) is 4.82. The predicted octanol–water partition coefficient (Wildman–Crippen LogP) is 3.53. The highest BCUT2D eigenvalue weighted by molar-refractivity contribution is 6.35. The summed E-state index contributed by atoms with van der Waals surface area (Å²) in [5.74, 6) is -0.672. The molecule has 0 aliphatic carbocycles. The molecule has 1 heterocycles. The molecule has 104 valence electrons. The van der Waals surface area contributed by atoms with Crippen molar-refractivity contribution in [1.29, 1.82) is 0 Å². The van der Waals surface area contributed by atoms with Crippen molar-refractivity contribution in [2.75, 3.05) is 6.61 Å². The summed E-state index contributed by atoms with van der Waals surface area (Å²) in [6.07, 6.45) is 1.47. The average Bonchev–Trinajstić information content (AvgIpc) is 2.42. The predicted molar refractivity (Wildman–Crippen MR) is 78.5 cm³/mol. The Morgan fingerprint density at radius 1 is 1.30 bits per heavy atom. The molecule has 0 aliphatic heterocycles. The minimum absolute atomic E-state index is 0.0691. The van der Waals surface area contributed by atoms with Crippen LogP contribution >= 0.6 is 23.2 Å². The molecule has 0 saturated carbocycles. The maximum absolute atomic E-state index is 11.7. The molecule has 2 aromatic rings. The molecule has 4 nitrogen and oxygen atoms in total. The van der Waals surface area contributed by atoms with Crippen LogP contribution in [0.5, 0.6) is 0 Å². The Morgan fingerprint density at radius 2 is 2.05 bits per heavy atom. The van der Waals surface area contributed by atoms with E-state index in [9.17, 15) is 9.59 Å². The smallest absolute Gasteiger partial charge is 0.343 e. The number of halogens is 2. The van der Waals surface area contributed by atoms with Gasteiger partial charge in [0.15, 0.2) is 0 Å². The highest BCUT2D eigenvalue weighted by atomic mass is 35.5. The third-order valence-corrected chi connectivity index (χ3v) is 3.20. The molecule has 0 radical (unpaired) electrons. The number of esters is 1. The van der Waals surface area contributed by atoms with E-state index < -0.39 is 11.5 Å². The standard InChI is InChI=1S/C14H11Cl2NO3/c1-2-20-14(19)11-5-8(7-17-13(11)18)10-6-9(15)3-4-12(10)16/h3-7H,2H2,1H3,(H,17,18). The zero-order valence-corrected chi connectivity index (χ0v) is 12.1. The summed E-state index contributed by atoms with van der Waals surface area (Å²) >= 11 is 12.0. The summed E-state index contributed by atoms with van der Waals surface area (Å²) in [5.41, 5.74) is 0.631. The Morgan fingerprint density at radius 3 is 2.75 bits per heavy atom. The summed E-state index contributed by atoms with van der Waals surface area (Å²) in [6.45, 7) is 1.87. The van der Waals surface area contributed by atoms with Gasteiger partial charge in [-0.25, -0.2) is 4.79 Å². The Balaban J connectivity index is 2.54. The van der Waals surface area contributed by atoms with Crippen LogP contribution in [0.15, 0.2) is 35.3 Å². The van der Waals surface area contributed by atoms with Crippen LogP contribution in [-0.4, -0.2) is 17.6 Å². The van der Waals surface area contributed by atoms with E-state index in [-0.39, 0.29) is 12.2 Å². The molecule has 0 aliphatic rings. The molecule has 20 heavy (non-hydrogen) atoms. The molecule has 0 spiro atoms. The van der Waals surface area contributed by atoms with E-state index in [1.807, 2.05) is 0 Å². The number of aromatic nitrogens is 1. The average molecular weight is 312 g/mol. The normalized spacial score (nSPS) is 10.3. The largest absolute Gasteiger partial charge is 0.462 e. The van der Waals surface area contributed by atoms with Gasteiger partial charge in [-0.2, -0.15) is 0 Å². The lowest BCUT2D eigenvalue weighted by molar-refractivity contribution is 0.0524. The molecule has 0 amide bonds. The van der Waals surface area contributed by atoms with Crippen LogP contribution in [0.3, 0.4) is 0 Å². The number of aromatic amines is 1. The van der Waals surface area contributed by atoms with Gasteiger partial charge in [-0.1, -0.05) is 23.2 Å². The van der Waals surface area contributed by atoms with Crippen molar-refractivity contribution in [3.63, 3.8) is 0 Å². The molecular weight excluding hydrogens is 301 g/mol. The first kappa shape index (κ1) is 14.6. The highest BCUT2D eigenvalue weighted by Gasteiger charge is 2.14. The van der Waals surface area contributed by atoms with Crippen molar-refractivity contribution >= 4 is 29.2 Å². The van der Waals surface area contributed by atoms with Gasteiger partial charge < -0.3 is 9.72 Å². The van der Waals surface area contributed by atoms with Crippen molar-refractivity contribution in [3.8, 4) is 11.1 Å². The van der Waals surface area contributed by atoms with E-state index >= 15 is 0 Å². The number of hydrogen-bond acceptors (Lipinski definition) is 3. The second-order valence-electron chi connectivity index (χ2n) is 3.98. The van der Waals surface area contributed by atoms with Crippen LogP contribution in [-0.2, 0) is 4.74 Å². The van der Waals surface area contributed by atoms with E-state index in [1.54, 1.807) is 25.1 Å². The maximum Gasteiger partial charge on any atom is 0.343 e. The fourth-order valence-electron chi connectivity index (χ4n) is 1.72. The minimum atomic E-state index is -0.672. The van der Waals surface area contributed by atoms with Crippen LogP contribution in [0.2, 0.25) is 10.0 Å². The third-order valence-electron chi connectivity index (χ3n) is 2.64. The molecule has 0 bridgehead atoms. The molecule has 0 unspecified atom stereocenters. The minimum Gasteiger partial charge on any atom is -0.462 e. The van der Waals surface area contributed by atoms with Crippen LogP contribution in [0.1, 0.15) is 17.3 Å². The summed E-state index contributed by atoms with van der Waals surface area (Å²) in [4.78, 5) is 25.8. The Bertz CT molecular complexity index is 710. The fourth-order valence-corrected chi connectivity index (χ4v) is 2.12. The van der Waals surface area contributed by atoms with Gasteiger partial charge in [0.1, 0.15) is 5.56 Å². The van der Waals surface area contributed by atoms with E-state index in [1.165, 1.54) is 12.3 Å². The number of nitrogens with one attached hydrogen (secondary N) is 1. The first-order valence-electron chi connectivity index (χ1n) is 5.88. The van der Waals surface area contributed by atoms with Gasteiger partial charge >= 0.3 is 5.97 Å². The van der Waals surface area contributed by atoms with Crippen LogP contribution in [0.25, 0.3) is 11.1 Å². The van der Waals surface area contributed by atoms with Crippen molar-refractivity contribution in [2.24, 2.45) is 0 Å². The molecule has 1 N–H and O–H groups in total. The van der Waals surface area contributed by atoms with Gasteiger partial charge in [0.05, 0.1) is 6.61 Å². The number of pyridine rings is 1. The molecule has 1 aromatic carbocycles. The molecule has 0 fully saturated rings. The number of carbonyl (C=O) groups excluding carboxylic acids is 1. The number of benzene rings is 1. The van der Waals surface area contributed by atoms with Gasteiger partial charge in [-0.15, -0.1) is 0 Å². The summed E-state index contributed by atoms with van der Waals surface area (Å²) in [6, 6.07) is 6.40. The Labute approximate surface area is 125 Å². The van der Waals surface area contributed by atoms with Gasteiger partial charge in [0.25, 0.3) is 5.56 Å². The van der Waals surface area contributed by atoms with E-state index in [2.05, 4.69) is 4.98 Å². The Kier molecular flexibility index (Phi) is 4.47. The second kappa shape index (κ2) is 6.11. The number of H-pyrrole nitrogens is 1. The molecule has 6 heteroatoms. The van der Waals surface area contributed by atoms with Crippen molar-refractivity contribution in [1.82, 2.24) is 4.98 Å². The zero-order chi connectivity index (χ0) is 14.7. The SMILES string of the molecule is CCOC(=O)c1cc(-c2cc(Cl)ccc2Cl)c[nH]c1=O. The lowest BCUT2D eigenvalue weighted by atomic mass is 10.1. The van der Waals surface area contributed by atoms with Crippen LogP contribution in [0.4, 0.5) is 0 Å². The fraction of sp³-hybridized carbons (Fsp3) is 0.143. The molecule has 0 saturated heterocycles. The molecular formula is C14H11Cl2NO3. The van der Waals surface area contributed by atoms with Gasteiger partial charge in [0, 0.05) is 27.4 Å². The van der Waals surface area contributed by atoms with E-state index in [0.29, 0.717) is 21.2 Å². The summed E-state index contributed by atoms with van der Waals surface area (Å²) in [5, 5.41) is 0.976. The lowest BCUT2D eigenvalue weighted by Gasteiger charge is -2.07. The maximum atomic E-state index is 11.7. The number of carbonyl (C=O) groups is 1.